The number of fused-ring (bicyclic) bond motifs is 8. The Bertz CT molecular complexity index is 1150. The molecule has 0 bridgehead atoms. The zero-order chi connectivity index (χ0) is 18.9. The molecule has 5 rings (SSSR count). The number of carbonyl (C=O) groups excluding carboxylic acids is 2. The molecule has 0 spiro atoms. The van der Waals surface area contributed by atoms with E-state index in [0.717, 1.165) is 58.7 Å². The fourth-order valence-electron chi connectivity index (χ4n) is 4.68. The Kier molecular flexibility index (Phi) is 3.41. The van der Waals surface area contributed by atoms with E-state index in [1.807, 2.05) is 0 Å². The Morgan fingerprint density at radius 3 is 2.56 bits per heavy atom. The van der Waals surface area contributed by atoms with Crippen molar-refractivity contribution in [2.45, 2.75) is 58.5 Å². The molecule has 2 aliphatic carbocycles. The molecule has 138 valence electrons. The summed E-state index contributed by atoms with van der Waals surface area (Å²) in [6.45, 7) is 7.22. The summed E-state index contributed by atoms with van der Waals surface area (Å²) >= 11 is 0. The Labute approximate surface area is 158 Å². The fourth-order valence-corrected chi connectivity index (χ4v) is 4.68. The lowest BCUT2D eigenvalue weighted by Crippen LogP contribution is -2.35. The van der Waals surface area contributed by atoms with Gasteiger partial charge in [0, 0.05) is 39.5 Å². The molecule has 0 radical (unpaired) electrons. The van der Waals surface area contributed by atoms with Crippen LogP contribution in [0.4, 0.5) is 0 Å². The number of carbonyl (C=O) groups is 2. The molecule has 27 heavy (non-hydrogen) atoms. The first-order valence-corrected chi connectivity index (χ1v) is 9.77. The lowest BCUT2D eigenvalue weighted by molar-refractivity contribution is 0.0923. The highest BCUT2D eigenvalue weighted by Gasteiger charge is 2.36. The highest BCUT2D eigenvalue weighted by atomic mass is 16.2. The number of Topliss-reactive ketones (excluding diaryl/α,β-unsaturated/α-hetero) is 2. The normalized spacial score (nSPS) is 16.6. The second-order valence-electron chi connectivity index (χ2n) is 8.94. The number of H-pyrrole nitrogens is 1. The Hall–Kier alpha value is -2.46. The van der Waals surface area contributed by atoms with Crippen molar-refractivity contribution in [1.82, 2.24) is 10.3 Å². The lowest BCUT2D eigenvalue weighted by atomic mass is 9.93. The van der Waals surface area contributed by atoms with Crippen molar-refractivity contribution in [3.8, 4) is 0 Å². The number of aryl methyl sites for hydroxylation is 1. The molecule has 4 nitrogen and oxygen atoms in total. The number of aromatic amines is 1. The number of aromatic nitrogens is 1. The smallest absolute Gasteiger partial charge is 0.172 e. The summed E-state index contributed by atoms with van der Waals surface area (Å²) in [5, 5.41) is 5.55. The predicted octanol–water partition coefficient (Wildman–Crippen LogP) is 4.47. The molecule has 0 saturated carbocycles. The van der Waals surface area contributed by atoms with E-state index in [0.29, 0.717) is 5.56 Å². The van der Waals surface area contributed by atoms with Gasteiger partial charge in [0.25, 0.3) is 0 Å². The van der Waals surface area contributed by atoms with Gasteiger partial charge in [-0.1, -0.05) is 6.07 Å². The number of benzene rings is 2. The first-order chi connectivity index (χ1) is 12.8. The third kappa shape index (κ3) is 2.47. The molecule has 2 aliphatic rings. The van der Waals surface area contributed by atoms with Gasteiger partial charge >= 0.3 is 0 Å². The van der Waals surface area contributed by atoms with Gasteiger partial charge in [0.1, 0.15) is 0 Å². The van der Waals surface area contributed by atoms with Crippen LogP contribution in [0, 0.1) is 0 Å². The van der Waals surface area contributed by atoms with E-state index in [-0.39, 0.29) is 23.5 Å². The Morgan fingerprint density at radius 2 is 1.78 bits per heavy atom. The van der Waals surface area contributed by atoms with Crippen LogP contribution in [0.15, 0.2) is 18.2 Å². The summed E-state index contributed by atoms with van der Waals surface area (Å²) < 4.78 is 0. The zero-order valence-electron chi connectivity index (χ0n) is 16.1. The van der Waals surface area contributed by atoms with E-state index in [1.165, 1.54) is 11.1 Å². The van der Waals surface area contributed by atoms with Crippen LogP contribution in [0.1, 0.15) is 71.0 Å². The molecule has 0 saturated heterocycles. The van der Waals surface area contributed by atoms with Crippen LogP contribution in [0.25, 0.3) is 21.8 Å². The maximum absolute atomic E-state index is 12.7. The maximum Gasteiger partial charge on any atom is 0.172 e. The first-order valence-electron chi connectivity index (χ1n) is 9.77. The molecule has 1 aromatic heterocycles. The second kappa shape index (κ2) is 5.52. The van der Waals surface area contributed by atoms with Crippen LogP contribution in [0.5, 0.6) is 0 Å². The maximum atomic E-state index is 12.7. The van der Waals surface area contributed by atoms with Crippen molar-refractivity contribution in [3.63, 3.8) is 0 Å². The minimum absolute atomic E-state index is 0.00922. The van der Waals surface area contributed by atoms with Crippen molar-refractivity contribution >= 4 is 33.4 Å². The van der Waals surface area contributed by atoms with E-state index in [4.69, 9.17) is 0 Å². The molecule has 0 amide bonds. The fraction of sp³-hybridized carbons (Fsp3) is 0.391. The quantitative estimate of drug-likeness (QED) is 0.663. The molecular weight excluding hydrogens is 336 g/mol. The molecule has 0 atom stereocenters. The van der Waals surface area contributed by atoms with E-state index in [1.54, 1.807) is 0 Å². The zero-order valence-corrected chi connectivity index (χ0v) is 16.1. The summed E-state index contributed by atoms with van der Waals surface area (Å²) in [5.41, 5.74) is 7.09. The average molecular weight is 360 g/mol. The van der Waals surface area contributed by atoms with Crippen LogP contribution in [-0.4, -0.2) is 22.1 Å². The molecule has 3 aromatic rings. The van der Waals surface area contributed by atoms with Crippen molar-refractivity contribution in [3.05, 3.63) is 46.0 Å². The van der Waals surface area contributed by atoms with Gasteiger partial charge in [0.05, 0.1) is 11.9 Å². The number of hydrogen-bond acceptors (Lipinski definition) is 3. The number of hydrogen-bond donors (Lipinski definition) is 2. The van der Waals surface area contributed by atoms with Crippen LogP contribution in [0.2, 0.25) is 0 Å². The van der Waals surface area contributed by atoms with Crippen LogP contribution in [0.3, 0.4) is 0 Å². The summed E-state index contributed by atoms with van der Waals surface area (Å²) in [7, 11) is 0. The minimum Gasteiger partial charge on any atom is -0.354 e. The first kappa shape index (κ1) is 16.7. The van der Waals surface area contributed by atoms with Gasteiger partial charge in [0.15, 0.2) is 11.6 Å². The van der Waals surface area contributed by atoms with Crippen LogP contribution < -0.4 is 5.32 Å². The summed E-state index contributed by atoms with van der Waals surface area (Å²) in [4.78, 5) is 28.9. The van der Waals surface area contributed by atoms with Crippen molar-refractivity contribution in [1.29, 1.82) is 0 Å². The third-order valence-electron chi connectivity index (χ3n) is 5.89. The molecule has 0 aliphatic heterocycles. The number of nitrogens with one attached hydrogen (secondary N) is 2. The van der Waals surface area contributed by atoms with E-state index >= 15 is 0 Å². The van der Waals surface area contributed by atoms with Gasteiger partial charge in [-0.05, 0) is 68.9 Å². The molecule has 2 N–H and O–H groups in total. The van der Waals surface area contributed by atoms with Gasteiger partial charge in [-0.3, -0.25) is 9.59 Å². The highest BCUT2D eigenvalue weighted by Crippen LogP contribution is 2.43. The summed E-state index contributed by atoms with van der Waals surface area (Å²) in [6, 6.07) is 6.40. The Balaban J connectivity index is 1.79. The SMILES string of the molecule is CC(C)(C)NCc1ccc2[nH]c3c4c(c5c(c3c2c1)C(=O)CC5=O)CCC4. The largest absolute Gasteiger partial charge is 0.354 e. The van der Waals surface area contributed by atoms with E-state index in [9.17, 15) is 9.59 Å². The van der Waals surface area contributed by atoms with Gasteiger partial charge in [-0.2, -0.15) is 0 Å². The molecule has 4 heteroatoms. The third-order valence-corrected chi connectivity index (χ3v) is 5.89. The topological polar surface area (TPSA) is 62.0 Å². The number of rotatable bonds is 2. The van der Waals surface area contributed by atoms with E-state index < -0.39 is 0 Å². The second-order valence-corrected chi connectivity index (χ2v) is 8.94. The van der Waals surface area contributed by atoms with Crippen LogP contribution >= 0.6 is 0 Å². The summed E-state index contributed by atoms with van der Waals surface area (Å²) in [5.74, 6) is -0.0104. The highest BCUT2D eigenvalue weighted by molar-refractivity contribution is 6.33. The minimum atomic E-state index is -0.0196. The van der Waals surface area contributed by atoms with Crippen molar-refractivity contribution < 1.29 is 9.59 Å². The van der Waals surface area contributed by atoms with Gasteiger partial charge in [-0.15, -0.1) is 0 Å². The lowest BCUT2D eigenvalue weighted by Gasteiger charge is -2.20. The van der Waals surface area contributed by atoms with Crippen molar-refractivity contribution in [2.75, 3.05) is 0 Å². The van der Waals surface area contributed by atoms with Gasteiger partial charge in [-0.25, -0.2) is 0 Å². The predicted molar refractivity (Wildman–Crippen MR) is 108 cm³/mol. The molecule has 0 unspecified atom stereocenters. The van der Waals surface area contributed by atoms with Gasteiger partial charge in [0.2, 0.25) is 0 Å². The standard InChI is InChI=1S/C23H24N2O2/c1-23(2,3)24-11-12-7-8-16-15(9-12)20-21-18(27)10-17(26)19(21)13-5-4-6-14(13)22(20)25-16/h7-9,24-25H,4-6,10-11H2,1-3H3. The Morgan fingerprint density at radius 1 is 1.04 bits per heavy atom. The number of ketones is 2. The average Bonchev–Trinajstić information content (AvgIpc) is 3.27. The van der Waals surface area contributed by atoms with Crippen LogP contribution in [-0.2, 0) is 19.4 Å². The molecule has 0 fully saturated rings. The van der Waals surface area contributed by atoms with Crippen molar-refractivity contribution in [2.24, 2.45) is 0 Å². The molecular formula is C23H24N2O2. The summed E-state index contributed by atoms with van der Waals surface area (Å²) in [6.07, 6.45) is 2.96. The van der Waals surface area contributed by atoms with E-state index in [2.05, 4.69) is 49.3 Å². The van der Waals surface area contributed by atoms with Gasteiger partial charge < -0.3 is 10.3 Å². The monoisotopic (exact) mass is 360 g/mol. The molecule has 1 heterocycles. The molecule has 2 aromatic carbocycles.